The molecule has 0 heterocycles. The molecule has 0 fully saturated rings. The molecule has 0 aromatic rings. The quantitative estimate of drug-likeness (QED) is 0.571. The van der Waals surface area contributed by atoms with Crippen LogP contribution < -0.4 is 0 Å². The molecular weight excluding hydrogens is 199 g/mol. The molecule has 0 amide bonds. The first-order valence-electron chi connectivity index (χ1n) is 2.92. The molecule has 0 N–H and O–H groups in total. The van der Waals surface area contributed by atoms with E-state index in [4.69, 9.17) is 11.6 Å². The van der Waals surface area contributed by atoms with E-state index in [1.54, 1.807) is 0 Å². The van der Waals surface area contributed by atoms with Crippen molar-refractivity contribution in [1.82, 2.24) is 0 Å². The molecule has 0 unspecified atom stereocenters. The summed E-state index contributed by atoms with van der Waals surface area (Å²) in [5.74, 6) is 0.580. The largest absolute Gasteiger partial charge is 0.0847 e. The fourth-order valence-corrected chi connectivity index (χ4v) is 2.13. The maximum absolute atomic E-state index is 5.76. The van der Waals surface area contributed by atoms with Gasteiger partial charge in [0.2, 0.25) is 0 Å². The van der Waals surface area contributed by atoms with E-state index in [0.29, 0.717) is 5.92 Å². The summed E-state index contributed by atoms with van der Waals surface area (Å²) in [4.78, 5) is 0. The molecule has 0 aromatic heterocycles. The Morgan fingerprint density at radius 3 is 2.89 bits per heavy atom. The maximum atomic E-state index is 5.76. The van der Waals surface area contributed by atoms with Gasteiger partial charge in [-0.2, -0.15) is 0 Å². The maximum Gasteiger partial charge on any atom is 0.0376 e. The van der Waals surface area contributed by atoms with Gasteiger partial charge in [0.1, 0.15) is 0 Å². The van der Waals surface area contributed by atoms with Crippen LogP contribution in [0.1, 0.15) is 13.3 Å². The number of halogens is 2. The predicted molar refractivity (Wildman–Crippen MR) is 44.7 cm³/mol. The van der Waals surface area contributed by atoms with E-state index in [1.807, 2.05) is 6.08 Å². The molecular formula is C7H8BrCl. The first-order valence-corrected chi connectivity index (χ1v) is 4.09. The van der Waals surface area contributed by atoms with E-state index in [1.165, 1.54) is 4.48 Å². The summed E-state index contributed by atoms with van der Waals surface area (Å²) in [6.45, 7) is 2.15. The van der Waals surface area contributed by atoms with Crippen LogP contribution in [-0.4, -0.2) is 0 Å². The molecule has 9 heavy (non-hydrogen) atoms. The lowest BCUT2D eigenvalue weighted by Gasteiger charge is -2.10. The third-order valence-corrected chi connectivity index (χ3v) is 2.04. The van der Waals surface area contributed by atoms with Crippen LogP contribution >= 0.6 is 27.5 Å². The molecule has 0 radical (unpaired) electrons. The smallest absolute Gasteiger partial charge is 0.0376 e. The molecule has 1 rings (SSSR count). The van der Waals surface area contributed by atoms with Crippen molar-refractivity contribution < 1.29 is 0 Å². The van der Waals surface area contributed by atoms with Crippen LogP contribution in [0.15, 0.2) is 21.7 Å². The molecule has 0 nitrogen and oxygen atoms in total. The van der Waals surface area contributed by atoms with Gasteiger partial charge in [0.05, 0.1) is 0 Å². The van der Waals surface area contributed by atoms with Crippen LogP contribution in [0.3, 0.4) is 0 Å². The number of hydrogen-bond donors (Lipinski definition) is 0. The van der Waals surface area contributed by atoms with E-state index >= 15 is 0 Å². The second kappa shape index (κ2) is 2.89. The van der Waals surface area contributed by atoms with E-state index in [-0.39, 0.29) is 0 Å². The van der Waals surface area contributed by atoms with E-state index in [9.17, 15) is 0 Å². The Bertz CT molecular complexity index is 170. The summed E-state index contributed by atoms with van der Waals surface area (Å²) in [5.41, 5.74) is 0. The van der Waals surface area contributed by atoms with Crippen LogP contribution in [0.5, 0.6) is 0 Å². The highest BCUT2D eigenvalue weighted by molar-refractivity contribution is 9.11. The number of hydrogen-bond acceptors (Lipinski definition) is 0. The molecule has 50 valence electrons. The van der Waals surface area contributed by atoms with Gasteiger partial charge in [-0.05, 0) is 22.9 Å². The monoisotopic (exact) mass is 206 g/mol. The van der Waals surface area contributed by atoms with Crippen LogP contribution in [-0.2, 0) is 0 Å². The van der Waals surface area contributed by atoms with E-state index in [0.717, 1.165) is 11.5 Å². The van der Waals surface area contributed by atoms with Gasteiger partial charge < -0.3 is 0 Å². The predicted octanol–water partition coefficient (Wildman–Crippen LogP) is 3.43. The molecule has 1 aliphatic carbocycles. The van der Waals surface area contributed by atoms with Crippen molar-refractivity contribution in [2.45, 2.75) is 13.3 Å². The minimum absolute atomic E-state index is 0.580. The zero-order valence-electron chi connectivity index (χ0n) is 5.20. The average Bonchev–Trinajstić information content (AvgIpc) is 1.59. The summed E-state index contributed by atoms with van der Waals surface area (Å²) in [6, 6.07) is 0. The lowest BCUT2D eigenvalue weighted by molar-refractivity contribution is 0.729. The Morgan fingerprint density at radius 1 is 1.78 bits per heavy atom. The van der Waals surface area contributed by atoms with Gasteiger partial charge in [-0.3, -0.25) is 0 Å². The van der Waals surface area contributed by atoms with Gasteiger partial charge in [0, 0.05) is 5.03 Å². The molecule has 0 saturated carbocycles. The Hall–Kier alpha value is 0.250. The Morgan fingerprint density at radius 2 is 2.44 bits per heavy atom. The number of rotatable bonds is 0. The Kier molecular flexibility index (Phi) is 2.36. The molecule has 1 aliphatic rings. The third-order valence-electron chi connectivity index (χ3n) is 1.26. The van der Waals surface area contributed by atoms with Crippen molar-refractivity contribution in [2.24, 2.45) is 5.92 Å². The van der Waals surface area contributed by atoms with E-state index in [2.05, 4.69) is 28.9 Å². The SMILES string of the molecule is C[C@@H]1C=C(Cl)C=C(Br)C1. The van der Waals surface area contributed by atoms with Gasteiger partial charge in [-0.1, -0.05) is 40.5 Å². The Labute approximate surface area is 68.7 Å². The molecule has 0 saturated heterocycles. The summed E-state index contributed by atoms with van der Waals surface area (Å²) in [7, 11) is 0. The average molecular weight is 207 g/mol. The van der Waals surface area contributed by atoms with Crippen molar-refractivity contribution in [1.29, 1.82) is 0 Å². The van der Waals surface area contributed by atoms with Gasteiger partial charge in [-0.15, -0.1) is 0 Å². The standard InChI is InChI=1S/C7H8BrCl/c1-5-2-6(8)4-7(9)3-5/h3-5H,2H2,1H3/t5-/m0/s1. The highest BCUT2D eigenvalue weighted by Crippen LogP contribution is 2.27. The first-order chi connectivity index (χ1) is 4.18. The highest BCUT2D eigenvalue weighted by Gasteiger charge is 2.06. The molecule has 0 spiro atoms. The van der Waals surface area contributed by atoms with Crippen molar-refractivity contribution in [3.8, 4) is 0 Å². The van der Waals surface area contributed by atoms with Gasteiger partial charge in [0.25, 0.3) is 0 Å². The van der Waals surface area contributed by atoms with Crippen molar-refractivity contribution >= 4 is 27.5 Å². The minimum Gasteiger partial charge on any atom is -0.0847 e. The molecule has 1 atom stereocenters. The first kappa shape index (κ1) is 7.36. The zero-order chi connectivity index (χ0) is 6.85. The lowest BCUT2D eigenvalue weighted by atomic mass is 10.0. The molecule has 0 aliphatic heterocycles. The van der Waals surface area contributed by atoms with Crippen LogP contribution in [0, 0.1) is 5.92 Å². The third kappa shape index (κ3) is 2.15. The molecule has 0 bridgehead atoms. The summed E-state index contributed by atoms with van der Waals surface area (Å²) < 4.78 is 1.20. The highest BCUT2D eigenvalue weighted by atomic mass is 79.9. The fourth-order valence-electron chi connectivity index (χ4n) is 0.895. The van der Waals surface area contributed by atoms with Crippen molar-refractivity contribution in [3.63, 3.8) is 0 Å². The summed E-state index contributed by atoms with van der Waals surface area (Å²) in [5, 5.41) is 0.848. The van der Waals surface area contributed by atoms with Gasteiger partial charge in [-0.25, -0.2) is 0 Å². The van der Waals surface area contributed by atoms with Crippen LogP contribution in [0.25, 0.3) is 0 Å². The summed E-state index contributed by atoms with van der Waals surface area (Å²) >= 11 is 9.17. The van der Waals surface area contributed by atoms with Crippen LogP contribution in [0.4, 0.5) is 0 Å². The number of allylic oxidation sites excluding steroid dienone is 4. The van der Waals surface area contributed by atoms with Crippen LogP contribution in [0.2, 0.25) is 0 Å². The van der Waals surface area contributed by atoms with Crippen molar-refractivity contribution in [2.75, 3.05) is 0 Å². The van der Waals surface area contributed by atoms with Gasteiger partial charge in [0.15, 0.2) is 0 Å². The lowest BCUT2D eigenvalue weighted by Crippen LogP contribution is -1.94. The normalized spacial score (nSPS) is 27.2. The van der Waals surface area contributed by atoms with Gasteiger partial charge >= 0.3 is 0 Å². The topological polar surface area (TPSA) is 0 Å². The zero-order valence-corrected chi connectivity index (χ0v) is 7.54. The minimum atomic E-state index is 0.580. The fraction of sp³-hybridized carbons (Fsp3) is 0.429. The Balaban J connectivity index is 2.74. The molecule has 0 aromatic carbocycles. The molecule has 2 heteroatoms. The second-order valence-electron chi connectivity index (χ2n) is 2.32. The summed E-state index contributed by atoms with van der Waals surface area (Å²) in [6.07, 6.45) is 5.09. The van der Waals surface area contributed by atoms with Crippen molar-refractivity contribution in [3.05, 3.63) is 21.7 Å². The van der Waals surface area contributed by atoms with E-state index < -0.39 is 0 Å². The second-order valence-corrected chi connectivity index (χ2v) is 3.78.